The maximum Gasteiger partial charge on any atom is 0.339 e. The van der Waals surface area contributed by atoms with E-state index in [0.29, 0.717) is 40.6 Å². The quantitative estimate of drug-likeness (QED) is 0.652. The molecule has 0 aliphatic heterocycles. The van der Waals surface area contributed by atoms with Crippen molar-refractivity contribution in [2.45, 2.75) is 26.8 Å². The van der Waals surface area contributed by atoms with Gasteiger partial charge in [0, 0.05) is 11.3 Å². The highest BCUT2D eigenvalue weighted by Crippen LogP contribution is 2.21. The number of rotatable bonds is 6. The number of carbonyl (C=O) groups excluding carboxylic acids is 2. The van der Waals surface area contributed by atoms with Crippen LogP contribution in [0.25, 0.3) is 11.3 Å². The molecule has 0 radical (unpaired) electrons. The van der Waals surface area contributed by atoms with Gasteiger partial charge >= 0.3 is 5.97 Å². The van der Waals surface area contributed by atoms with Gasteiger partial charge in [0.25, 0.3) is 5.91 Å². The number of aromatic nitrogens is 2. The summed E-state index contributed by atoms with van der Waals surface area (Å²) in [6.07, 6.45) is 2.21. The normalized spacial score (nSPS) is 10.6. The van der Waals surface area contributed by atoms with Gasteiger partial charge < -0.3 is 19.5 Å². The lowest BCUT2D eigenvalue weighted by Crippen LogP contribution is -2.24. The Morgan fingerprint density at radius 1 is 1.26 bits per heavy atom. The van der Waals surface area contributed by atoms with Crippen LogP contribution >= 0.6 is 0 Å². The number of hydrogen-bond acceptors (Lipinski definition) is 5. The number of aryl methyl sites for hydroxylation is 1. The molecule has 0 saturated carbocycles. The van der Waals surface area contributed by atoms with Gasteiger partial charge in [-0.25, -0.2) is 9.78 Å². The van der Waals surface area contributed by atoms with Crippen molar-refractivity contribution < 1.29 is 18.7 Å². The summed E-state index contributed by atoms with van der Waals surface area (Å²) in [6, 6.07) is 9.60. The van der Waals surface area contributed by atoms with Crippen molar-refractivity contribution in [2.75, 3.05) is 7.11 Å². The van der Waals surface area contributed by atoms with E-state index in [1.54, 1.807) is 13.1 Å². The van der Waals surface area contributed by atoms with E-state index in [2.05, 4.69) is 15.3 Å². The monoisotopic (exact) mass is 367 g/mol. The van der Waals surface area contributed by atoms with Crippen molar-refractivity contribution in [1.29, 1.82) is 0 Å². The summed E-state index contributed by atoms with van der Waals surface area (Å²) in [5, 5.41) is 2.76. The molecular weight excluding hydrogens is 346 g/mol. The number of ether oxygens (including phenoxy) is 1. The van der Waals surface area contributed by atoms with Crippen LogP contribution in [0.1, 0.15) is 44.9 Å². The minimum Gasteiger partial charge on any atom is -0.465 e. The van der Waals surface area contributed by atoms with Crippen LogP contribution in [-0.4, -0.2) is 29.0 Å². The summed E-state index contributed by atoms with van der Waals surface area (Å²) < 4.78 is 10.5. The number of carbonyl (C=O) groups is 2. The van der Waals surface area contributed by atoms with Gasteiger partial charge in [0.1, 0.15) is 5.69 Å². The van der Waals surface area contributed by atoms with Gasteiger partial charge in [0.15, 0.2) is 5.76 Å². The third-order valence-corrected chi connectivity index (χ3v) is 4.31. The Labute approximate surface area is 156 Å². The molecule has 0 saturated heterocycles. The van der Waals surface area contributed by atoms with E-state index in [-0.39, 0.29) is 12.5 Å². The number of aromatic amines is 1. The van der Waals surface area contributed by atoms with Gasteiger partial charge in [0.2, 0.25) is 5.89 Å². The zero-order chi connectivity index (χ0) is 19.4. The predicted molar refractivity (Wildman–Crippen MR) is 99.4 cm³/mol. The van der Waals surface area contributed by atoms with E-state index in [4.69, 9.17) is 9.15 Å². The number of amides is 1. The van der Waals surface area contributed by atoms with Crippen LogP contribution in [-0.2, 0) is 17.7 Å². The molecule has 0 spiro atoms. The Morgan fingerprint density at radius 3 is 2.67 bits per heavy atom. The predicted octanol–water partition coefficient (Wildman–Crippen LogP) is 3.26. The fraction of sp³-hybridized carbons (Fsp3) is 0.250. The van der Waals surface area contributed by atoms with E-state index in [0.717, 1.165) is 5.56 Å². The molecule has 140 valence electrons. The highest BCUT2D eigenvalue weighted by Gasteiger charge is 2.23. The molecule has 0 atom stereocenters. The maximum absolute atomic E-state index is 12.5. The summed E-state index contributed by atoms with van der Waals surface area (Å²) >= 11 is 0. The van der Waals surface area contributed by atoms with E-state index in [9.17, 15) is 9.59 Å². The molecule has 1 aromatic carbocycles. The number of methoxy groups -OCH3 is 1. The van der Waals surface area contributed by atoms with E-state index in [1.165, 1.54) is 7.11 Å². The van der Waals surface area contributed by atoms with Crippen molar-refractivity contribution in [3.05, 3.63) is 64.9 Å². The minimum absolute atomic E-state index is 0.138. The Morgan fingerprint density at radius 2 is 2.00 bits per heavy atom. The highest BCUT2D eigenvalue weighted by molar-refractivity contribution is 6.00. The third-order valence-electron chi connectivity index (χ3n) is 4.31. The summed E-state index contributed by atoms with van der Waals surface area (Å²) in [5.41, 5.74) is 2.90. The van der Waals surface area contributed by atoms with Crippen molar-refractivity contribution in [3.8, 4) is 11.3 Å². The summed E-state index contributed by atoms with van der Waals surface area (Å²) in [6.45, 7) is 3.76. The molecule has 7 nitrogen and oxygen atoms in total. The number of benzene rings is 1. The molecule has 7 heteroatoms. The molecule has 0 unspecified atom stereocenters. The standard InChI is InChI=1S/C20H21N3O4/c1-4-14-17(20(25)26-3)12(2)18(23-14)19(24)22-11-16-21-10-15(27-16)13-8-6-5-7-9-13/h5-10,23H,4,11H2,1-3H3,(H,22,24). The minimum atomic E-state index is -0.458. The van der Waals surface area contributed by atoms with Crippen molar-refractivity contribution in [2.24, 2.45) is 0 Å². The topological polar surface area (TPSA) is 97.2 Å². The van der Waals surface area contributed by atoms with Crippen LogP contribution in [0.4, 0.5) is 0 Å². The first-order chi connectivity index (χ1) is 13.0. The van der Waals surface area contributed by atoms with E-state index >= 15 is 0 Å². The summed E-state index contributed by atoms with van der Waals surface area (Å²) in [7, 11) is 1.32. The summed E-state index contributed by atoms with van der Waals surface area (Å²) in [5.74, 6) is 0.240. The van der Waals surface area contributed by atoms with Crippen LogP contribution in [0, 0.1) is 6.92 Å². The first kappa shape index (κ1) is 18.4. The lowest BCUT2D eigenvalue weighted by Gasteiger charge is -2.03. The fourth-order valence-electron chi connectivity index (χ4n) is 2.90. The molecule has 2 aromatic heterocycles. The zero-order valence-electron chi connectivity index (χ0n) is 15.5. The number of H-pyrrole nitrogens is 1. The van der Waals surface area contributed by atoms with Gasteiger partial charge in [-0.3, -0.25) is 4.79 Å². The Balaban J connectivity index is 1.73. The molecule has 0 aliphatic rings. The molecule has 0 aliphatic carbocycles. The molecule has 0 fully saturated rings. The SMILES string of the molecule is CCc1[nH]c(C(=O)NCc2ncc(-c3ccccc3)o2)c(C)c1C(=O)OC. The highest BCUT2D eigenvalue weighted by atomic mass is 16.5. The van der Waals surface area contributed by atoms with Gasteiger partial charge in [-0.2, -0.15) is 0 Å². The lowest BCUT2D eigenvalue weighted by molar-refractivity contribution is 0.0599. The fourth-order valence-corrected chi connectivity index (χ4v) is 2.90. The van der Waals surface area contributed by atoms with Crippen LogP contribution in [0.5, 0.6) is 0 Å². The molecule has 2 heterocycles. The van der Waals surface area contributed by atoms with Crippen molar-refractivity contribution in [3.63, 3.8) is 0 Å². The number of oxazole rings is 1. The Kier molecular flexibility index (Phi) is 5.40. The van der Waals surface area contributed by atoms with Crippen LogP contribution < -0.4 is 5.32 Å². The molecule has 0 bridgehead atoms. The van der Waals surface area contributed by atoms with Crippen molar-refractivity contribution in [1.82, 2.24) is 15.3 Å². The van der Waals surface area contributed by atoms with E-state index in [1.807, 2.05) is 37.3 Å². The van der Waals surface area contributed by atoms with Crippen LogP contribution in [0.2, 0.25) is 0 Å². The Hall–Kier alpha value is -3.35. The second-order valence-electron chi connectivity index (χ2n) is 5.99. The Bertz CT molecular complexity index is 957. The van der Waals surface area contributed by atoms with Crippen LogP contribution in [0.3, 0.4) is 0 Å². The molecule has 1 amide bonds. The van der Waals surface area contributed by atoms with Gasteiger partial charge in [-0.1, -0.05) is 37.3 Å². The van der Waals surface area contributed by atoms with Gasteiger partial charge in [0.05, 0.1) is 25.4 Å². The molecule has 2 N–H and O–H groups in total. The average molecular weight is 367 g/mol. The van der Waals surface area contributed by atoms with Crippen molar-refractivity contribution >= 4 is 11.9 Å². The molecule has 27 heavy (non-hydrogen) atoms. The zero-order valence-corrected chi connectivity index (χ0v) is 15.5. The number of nitrogens with one attached hydrogen (secondary N) is 2. The van der Waals surface area contributed by atoms with Gasteiger partial charge in [-0.05, 0) is 18.9 Å². The number of hydrogen-bond donors (Lipinski definition) is 2. The first-order valence-electron chi connectivity index (χ1n) is 8.63. The van der Waals surface area contributed by atoms with Crippen LogP contribution in [0.15, 0.2) is 40.9 Å². The van der Waals surface area contributed by atoms with Gasteiger partial charge in [-0.15, -0.1) is 0 Å². The first-order valence-corrected chi connectivity index (χ1v) is 8.63. The molecule has 3 aromatic rings. The number of nitrogens with zero attached hydrogens (tertiary/aromatic N) is 1. The maximum atomic E-state index is 12.5. The molecule has 3 rings (SSSR count). The average Bonchev–Trinajstić information content (AvgIpc) is 3.30. The van der Waals surface area contributed by atoms with E-state index < -0.39 is 5.97 Å². The number of esters is 1. The molecular formula is C20H21N3O4. The smallest absolute Gasteiger partial charge is 0.339 e. The second kappa shape index (κ2) is 7.90. The summed E-state index contributed by atoms with van der Waals surface area (Å²) in [4.78, 5) is 31.7. The largest absolute Gasteiger partial charge is 0.465 e. The lowest BCUT2D eigenvalue weighted by atomic mass is 10.1. The third kappa shape index (κ3) is 3.76. The second-order valence-corrected chi connectivity index (χ2v) is 5.99.